The van der Waals surface area contributed by atoms with Gasteiger partial charge >= 0.3 is 5.69 Å². The van der Waals surface area contributed by atoms with Crippen LogP contribution in [0.15, 0.2) is 64.2 Å². The van der Waals surface area contributed by atoms with Crippen molar-refractivity contribution in [2.45, 2.75) is 44.4 Å². The van der Waals surface area contributed by atoms with E-state index in [-0.39, 0.29) is 17.2 Å². The van der Waals surface area contributed by atoms with Crippen LogP contribution >= 0.6 is 0 Å². The van der Waals surface area contributed by atoms with E-state index in [9.17, 15) is 9.59 Å². The Balaban J connectivity index is 1.59. The van der Waals surface area contributed by atoms with Crippen molar-refractivity contribution in [1.82, 2.24) is 9.55 Å². The predicted octanol–water partition coefficient (Wildman–Crippen LogP) is 4.07. The normalized spacial score (nSPS) is 24.4. The molecule has 4 heteroatoms. The van der Waals surface area contributed by atoms with Gasteiger partial charge in [0.05, 0.1) is 0 Å². The molecular weight excluding hydrogens is 348 g/mol. The second kappa shape index (κ2) is 8.17. The molecule has 2 aliphatic carbocycles. The van der Waals surface area contributed by atoms with Crippen LogP contribution in [0.2, 0.25) is 0 Å². The molecule has 1 heterocycles. The first-order valence-corrected chi connectivity index (χ1v) is 10.3. The van der Waals surface area contributed by atoms with Gasteiger partial charge in [-0.15, -0.1) is 0 Å². The van der Waals surface area contributed by atoms with Crippen molar-refractivity contribution in [2.75, 3.05) is 0 Å². The van der Waals surface area contributed by atoms with Gasteiger partial charge in [-0.3, -0.25) is 9.36 Å². The van der Waals surface area contributed by atoms with Gasteiger partial charge in [0, 0.05) is 24.7 Å². The minimum atomic E-state index is -0.306. The maximum absolute atomic E-state index is 12.9. The molecule has 0 aliphatic heterocycles. The zero-order valence-electron chi connectivity index (χ0n) is 16.4. The quantitative estimate of drug-likeness (QED) is 0.874. The summed E-state index contributed by atoms with van der Waals surface area (Å²) in [7, 11) is 1.55. The molecule has 0 bridgehead atoms. The Hall–Kier alpha value is -2.62. The van der Waals surface area contributed by atoms with E-state index in [0.29, 0.717) is 18.3 Å². The van der Waals surface area contributed by atoms with Crippen LogP contribution in [0.25, 0.3) is 0 Å². The summed E-state index contributed by atoms with van der Waals surface area (Å²) in [6, 6.07) is 10.0. The molecule has 1 unspecified atom stereocenters. The van der Waals surface area contributed by atoms with Crippen LogP contribution in [0.1, 0.15) is 54.8 Å². The van der Waals surface area contributed by atoms with Crippen LogP contribution in [0.3, 0.4) is 0 Å². The van der Waals surface area contributed by atoms with Crippen LogP contribution in [0.5, 0.6) is 0 Å². The van der Waals surface area contributed by atoms with Crippen molar-refractivity contribution in [2.24, 2.45) is 18.9 Å². The predicted molar refractivity (Wildman–Crippen MR) is 113 cm³/mol. The second-order valence-corrected chi connectivity index (χ2v) is 8.17. The van der Waals surface area contributed by atoms with Gasteiger partial charge in [-0.1, -0.05) is 54.6 Å². The topological polar surface area (TPSA) is 54.9 Å². The number of H-pyrrole nitrogens is 1. The fraction of sp³-hybridized carbons (Fsp3) is 0.417. The molecule has 1 aromatic heterocycles. The molecule has 0 saturated heterocycles. The number of aromatic amines is 1. The smallest absolute Gasteiger partial charge is 0.310 e. The average molecular weight is 377 g/mol. The molecule has 0 spiro atoms. The molecule has 146 valence electrons. The molecule has 0 radical (unpaired) electrons. The minimum Gasteiger partial charge on any atom is -0.310 e. The third kappa shape index (κ3) is 3.82. The maximum atomic E-state index is 12.9. The second-order valence-electron chi connectivity index (χ2n) is 8.17. The van der Waals surface area contributed by atoms with Gasteiger partial charge in [-0.2, -0.15) is 0 Å². The average Bonchev–Trinajstić information content (AvgIpc) is 2.75. The van der Waals surface area contributed by atoms with Crippen molar-refractivity contribution in [3.05, 3.63) is 92.3 Å². The molecule has 1 N–H and O–H groups in total. The number of aromatic nitrogens is 2. The Morgan fingerprint density at radius 1 is 1.04 bits per heavy atom. The lowest BCUT2D eigenvalue weighted by molar-refractivity contribution is 0.262. The van der Waals surface area contributed by atoms with Gasteiger partial charge < -0.3 is 4.98 Å². The Kier molecular flexibility index (Phi) is 5.47. The van der Waals surface area contributed by atoms with E-state index in [1.165, 1.54) is 4.57 Å². The maximum Gasteiger partial charge on any atom is 0.328 e. The highest BCUT2D eigenvalue weighted by Gasteiger charge is 2.29. The molecule has 1 atom stereocenters. The molecule has 0 amide bonds. The van der Waals surface area contributed by atoms with E-state index >= 15 is 0 Å². The number of nitrogens with zero attached hydrogens (tertiary/aromatic N) is 1. The number of allylic oxidation sites excluding steroid dienone is 4. The Morgan fingerprint density at radius 2 is 1.79 bits per heavy atom. The van der Waals surface area contributed by atoms with Crippen LogP contribution in [0, 0.1) is 11.8 Å². The molecule has 2 aromatic rings. The largest absolute Gasteiger partial charge is 0.328 e. The fourth-order valence-corrected chi connectivity index (χ4v) is 4.79. The van der Waals surface area contributed by atoms with Gasteiger partial charge in [-0.25, -0.2) is 4.79 Å². The molecule has 1 aromatic carbocycles. The summed E-state index contributed by atoms with van der Waals surface area (Å²) >= 11 is 0. The first-order valence-electron chi connectivity index (χ1n) is 10.3. The highest BCUT2D eigenvalue weighted by molar-refractivity contribution is 5.29. The van der Waals surface area contributed by atoms with E-state index in [2.05, 4.69) is 29.3 Å². The lowest BCUT2D eigenvalue weighted by Crippen LogP contribution is -2.38. The summed E-state index contributed by atoms with van der Waals surface area (Å²) in [6.45, 7) is 0. The molecular formula is C24H28N2O2. The fourth-order valence-electron chi connectivity index (χ4n) is 4.79. The van der Waals surface area contributed by atoms with E-state index < -0.39 is 0 Å². The van der Waals surface area contributed by atoms with Gasteiger partial charge in [0.1, 0.15) is 0 Å². The summed E-state index contributed by atoms with van der Waals surface area (Å²) in [5.74, 6) is 1.60. The Labute approximate surface area is 165 Å². The van der Waals surface area contributed by atoms with E-state index in [4.69, 9.17) is 0 Å². The molecule has 4 nitrogen and oxygen atoms in total. The molecule has 1 fully saturated rings. The monoisotopic (exact) mass is 376 g/mol. The third-order valence-electron chi connectivity index (χ3n) is 6.46. The lowest BCUT2D eigenvalue weighted by Gasteiger charge is -2.33. The van der Waals surface area contributed by atoms with Crippen LogP contribution in [-0.4, -0.2) is 9.55 Å². The highest BCUT2D eigenvalue weighted by atomic mass is 16.2. The zero-order chi connectivity index (χ0) is 19.5. The Bertz CT molecular complexity index is 990. The first-order chi connectivity index (χ1) is 13.6. The summed E-state index contributed by atoms with van der Waals surface area (Å²) in [6.07, 6.45) is 14.9. The zero-order valence-corrected chi connectivity index (χ0v) is 16.4. The summed E-state index contributed by atoms with van der Waals surface area (Å²) in [5, 5.41) is 0. The van der Waals surface area contributed by atoms with Gasteiger partial charge in [-0.05, 0) is 55.4 Å². The van der Waals surface area contributed by atoms with Crippen molar-refractivity contribution in [3.8, 4) is 0 Å². The van der Waals surface area contributed by atoms with E-state index in [1.54, 1.807) is 7.05 Å². The third-order valence-corrected chi connectivity index (χ3v) is 6.46. The van der Waals surface area contributed by atoms with Crippen LogP contribution in [-0.2, 0) is 13.5 Å². The number of hydrogen-bond acceptors (Lipinski definition) is 2. The number of nitrogens with one attached hydrogen (secondary N) is 1. The SMILES string of the molecule is Cn1c(=O)[nH]c([C@H]2CC[C@H](C3C=CC=CC3)CC2)c(Cc2ccccc2)c1=O. The summed E-state index contributed by atoms with van der Waals surface area (Å²) in [4.78, 5) is 28.3. The number of benzene rings is 1. The molecule has 4 rings (SSSR count). The lowest BCUT2D eigenvalue weighted by atomic mass is 9.72. The van der Waals surface area contributed by atoms with Gasteiger partial charge in [0.2, 0.25) is 0 Å². The minimum absolute atomic E-state index is 0.162. The molecule has 1 saturated carbocycles. The number of hydrogen-bond donors (Lipinski definition) is 1. The highest BCUT2D eigenvalue weighted by Crippen LogP contribution is 2.40. The van der Waals surface area contributed by atoms with Crippen molar-refractivity contribution in [3.63, 3.8) is 0 Å². The van der Waals surface area contributed by atoms with Gasteiger partial charge in [0.25, 0.3) is 5.56 Å². The molecule has 2 aliphatic rings. The number of rotatable bonds is 4. The van der Waals surface area contributed by atoms with Gasteiger partial charge in [0.15, 0.2) is 0 Å². The van der Waals surface area contributed by atoms with Crippen molar-refractivity contribution >= 4 is 0 Å². The van der Waals surface area contributed by atoms with Crippen LogP contribution < -0.4 is 11.2 Å². The van der Waals surface area contributed by atoms with E-state index in [0.717, 1.165) is 48.9 Å². The van der Waals surface area contributed by atoms with Crippen LogP contribution in [0.4, 0.5) is 0 Å². The van der Waals surface area contributed by atoms with Crippen molar-refractivity contribution in [1.29, 1.82) is 0 Å². The molecule has 28 heavy (non-hydrogen) atoms. The van der Waals surface area contributed by atoms with Crippen molar-refractivity contribution < 1.29 is 0 Å². The first kappa shape index (κ1) is 18.7. The summed E-state index contributed by atoms with van der Waals surface area (Å²) in [5.41, 5.74) is 2.25. The van der Waals surface area contributed by atoms with E-state index in [1.807, 2.05) is 30.3 Å². The Morgan fingerprint density at radius 3 is 2.46 bits per heavy atom. The standard InChI is InChI=1S/C24H28N2O2/c1-26-23(27)21(16-17-8-4-2-5-9-17)22(25-24(26)28)20-14-12-19(13-15-20)18-10-6-3-7-11-18/h2-10,18-20H,11-16H2,1H3,(H,25,28)/t18?,19-,20-. The summed E-state index contributed by atoms with van der Waals surface area (Å²) < 4.78 is 1.20.